The molecule has 1 heterocycles. The maximum Gasteiger partial charge on any atom is 0.255 e. The smallest absolute Gasteiger partial charge is 0.255 e. The normalized spacial score (nSPS) is 11.3. The largest absolute Gasteiger partial charge is 0.504 e. The minimum absolute atomic E-state index is 0.00779. The molecular weight excluding hydrogens is 454 g/mol. The molecule has 0 bridgehead atoms. The Morgan fingerprint density at radius 3 is 2.61 bits per heavy atom. The summed E-state index contributed by atoms with van der Waals surface area (Å²) in [6.07, 6.45) is 0. The number of aromatic nitrogens is 2. The van der Waals surface area contributed by atoms with Gasteiger partial charge in [0.1, 0.15) is 11.9 Å². The summed E-state index contributed by atoms with van der Waals surface area (Å²) in [6, 6.07) is 23.3. The molecule has 0 spiro atoms. The third-order valence-corrected chi connectivity index (χ3v) is 5.59. The van der Waals surface area contributed by atoms with E-state index in [1.165, 1.54) is 13.2 Å². The molecule has 180 valence electrons. The summed E-state index contributed by atoms with van der Waals surface area (Å²) < 4.78 is 5.18. The molecule has 1 amide bonds. The van der Waals surface area contributed by atoms with Crippen molar-refractivity contribution in [3.05, 3.63) is 95.3 Å². The van der Waals surface area contributed by atoms with Crippen molar-refractivity contribution in [1.82, 2.24) is 9.97 Å². The van der Waals surface area contributed by atoms with E-state index < -0.39 is 0 Å². The number of amides is 1. The SMILES string of the molecule is COc1cc(-c2cc(N[C@@H](C)c3cccc(NC(=O)c4cccc(C)c4)c3)nc(C#N)n2)ccc1O. The van der Waals surface area contributed by atoms with Gasteiger partial charge in [-0.3, -0.25) is 4.79 Å². The third-order valence-electron chi connectivity index (χ3n) is 5.59. The van der Waals surface area contributed by atoms with E-state index in [1.54, 1.807) is 24.3 Å². The predicted octanol–water partition coefficient (Wildman–Crippen LogP) is 5.46. The topological polar surface area (TPSA) is 120 Å². The number of nitrogens with zero attached hydrogens (tertiary/aromatic N) is 3. The molecule has 0 unspecified atom stereocenters. The fourth-order valence-electron chi connectivity index (χ4n) is 3.74. The fourth-order valence-corrected chi connectivity index (χ4v) is 3.74. The number of nitriles is 1. The first-order valence-electron chi connectivity index (χ1n) is 11.3. The van der Waals surface area contributed by atoms with Gasteiger partial charge in [0, 0.05) is 22.9 Å². The molecule has 0 saturated carbocycles. The number of hydrogen-bond donors (Lipinski definition) is 3. The number of nitrogens with one attached hydrogen (secondary N) is 2. The number of anilines is 2. The van der Waals surface area contributed by atoms with Gasteiger partial charge in [-0.25, -0.2) is 9.97 Å². The van der Waals surface area contributed by atoms with Crippen LogP contribution < -0.4 is 15.4 Å². The second kappa shape index (κ2) is 10.6. The van der Waals surface area contributed by atoms with Crippen molar-refractivity contribution in [2.24, 2.45) is 0 Å². The Bertz CT molecular complexity index is 1460. The predicted molar refractivity (Wildman–Crippen MR) is 138 cm³/mol. The molecule has 4 aromatic rings. The zero-order valence-corrected chi connectivity index (χ0v) is 20.1. The maximum absolute atomic E-state index is 12.6. The summed E-state index contributed by atoms with van der Waals surface area (Å²) >= 11 is 0. The van der Waals surface area contributed by atoms with Crippen molar-refractivity contribution in [3.8, 4) is 28.8 Å². The third kappa shape index (κ3) is 5.59. The van der Waals surface area contributed by atoms with Gasteiger partial charge in [-0.2, -0.15) is 5.26 Å². The van der Waals surface area contributed by atoms with Gasteiger partial charge in [0.25, 0.3) is 5.91 Å². The number of ether oxygens (including phenoxy) is 1. The molecule has 3 aromatic carbocycles. The summed E-state index contributed by atoms with van der Waals surface area (Å²) in [5, 5.41) is 25.6. The van der Waals surface area contributed by atoms with Crippen LogP contribution in [0, 0.1) is 18.3 Å². The lowest BCUT2D eigenvalue weighted by molar-refractivity contribution is 0.102. The van der Waals surface area contributed by atoms with E-state index >= 15 is 0 Å². The van der Waals surface area contributed by atoms with Gasteiger partial charge in [-0.15, -0.1) is 0 Å². The molecular formula is C28H25N5O3. The molecule has 36 heavy (non-hydrogen) atoms. The average Bonchev–Trinajstić information content (AvgIpc) is 2.88. The summed E-state index contributed by atoms with van der Waals surface area (Å²) in [4.78, 5) is 21.2. The lowest BCUT2D eigenvalue weighted by Gasteiger charge is -2.17. The number of methoxy groups -OCH3 is 1. The van der Waals surface area contributed by atoms with E-state index in [0.29, 0.717) is 34.1 Å². The number of hydrogen-bond acceptors (Lipinski definition) is 7. The zero-order chi connectivity index (χ0) is 25.7. The van der Waals surface area contributed by atoms with Crippen LogP contribution >= 0.6 is 0 Å². The molecule has 0 radical (unpaired) electrons. The molecule has 8 heteroatoms. The van der Waals surface area contributed by atoms with Crippen LogP contribution in [-0.4, -0.2) is 28.1 Å². The summed E-state index contributed by atoms with van der Waals surface area (Å²) in [5.74, 6) is 0.604. The van der Waals surface area contributed by atoms with Crippen molar-refractivity contribution < 1.29 is 14.6 Å². The lowest BCUT2D eigenvalue weighted by Crippen LogP contribution is -2.13. The summed E-state index contributed by atoms with van der Waals surface area (Å²) in [7, 11) is 1.46. The van der Waals surface area contributed by atoms with Crippen LogP contribution in [-0.2, 0) is 0 Å². The van der Waals surface area contributed by atoms with Crippen LogP contribution in [0.1, 0.15) is 40.3 Å². The van der Waals surface area contributed by atoms with Crippen molar-refractivity contribution in [3.63, 3.8) is 0 Å². The van der Waals surface area contributed by atoms with E-state index in [1.807, 2.05) is 62.4 Å². The second-order valence-electron chi connectivity index (χ2n) is 8.28. The Balaban J connectivity index is 1.55. The van der Waals surface area contributed by atoms with E-state index in [0.717, 1.165) is 11.1 Å². The van der Waals surface area contributed by atoms with E-state index in [4.69, 9.17) is 4.74 Å². The van der Waals surface area contributed by atoms with Crippen molar-refractivity contribution >= 4 is 17.4 Å². The molecule has 8 nitrogen and oxygen atoms in total. The highest BCUT2D eigenvalue weighted by molar-refractivity contribution is 6.04. The first-order chi connectivity index (χ1) is 17.4. The Labute approximate surface area is 209 Å². The standard InChI is InChI=1S/C28H25N5O3/c1-17-6-4-8-21(12-17)28(35)31-22-9-5-7-19(13-22)18(2)30-26-15-23(32-27(16-29)33-26)20-10-11-24(34)25(14-20)36-3/h4-15,18,34H,1-3H3,(H,31,35)(H,30,32,33)/t18-/m0/s1. The quantitative estimate of drug-likeness (QED) is 0.322. The Morgan fingerprint density at radius 2 is 1.86 bits per heavy atom. The highest BCUT2D eigenvalue weighted by Gasteiger charge is 2.13. The molecule has 3 N–H and O–H groups in total. The zero-order valence-electron chi connectivity index (χ0n) is 20.1. The lowest BCUT2D eigenvalue weighted by atomic mass is 10.1. The minimum atomic E-state index is -0.190. The molecule has 0 saturated heterocycles. The molecule has 0 aliphatic rings. The van der Waals surface area contributed by atoms with Gasteiger partial charge in [0.15, 0.2) is 11.5 Å². The van der Waals surface area contributed by atoms with Crippen molar-refractivity contribution in [1.29, 1.82) is 5.26 Å². The number of aromatic hydroxyl groups is 1. The molecule has 0 fully saturated rings. The van der Waals surface area contributed by atoms with Crippen LogP contribution in [0.15, 0.2) is 72.8 Å². The molecule has 0 aliphatic heterocycles. The minimum Gasteiger partial charge on any atom is -0.504 e. The Hall–Kier alpha value is -4.90. The van der Waals surface area contributed by atoms with Gasteiger partial charge in [0.2, 0.25) is 5.82 Å². The summed E-state index contributed by atoms with van der Waals surface area (Å²) in [5.41, 5.74) is 4.37. The van der Waals surface area contributed by atoms with E-state index in [2.05, 4.69) is 20.6 Å². The number of carbonyl (C=O) groups is 1. The van der Waals surface area contributed by atoms with Crippen LogP contribution in [0.3, 0.4) is 0 Å². The first kappa shape index (κ1) is 24.2. The van der Waals surface area contributed by atoms with Gasteiger partial charge < -0.3 is 20.5 Å². The van der Waals surface area contributed by atoms with Gasteiger partial charge in [-0.1, -0.05) is 29.8 Å². The van der Waals surface area contributed by atoms with Crippen LogP contribution in [0.25, 0.3) is 11.3 Å². The molecule has 1 atom stereocenters. The van der Waals surface area contributed by atoms with E-state index in [-0.39, 0.29) is 23.5 Å². The van der Waals surface area contributed by atoms with Crippen LogP contribution in [0.4, 0.5) is 11.5 Å². The fraction of sp³-hybridized carbons (Fsp3) is 0.143. The Kier molecular flexibility index (Phi) is 7.12. The van der Waals surface area contributed by atoms with Crippen LogP contribution in [0.5, 0.6) is 11.5 Å². The number of carbonyl (C=O) groups excluding carboxylic acids is 1. The highest BCUT2D eigenvalue weighted by atomic mass is 16.5. The number of phenolic OH excluding ortho intramolecular Hbond substituents is 1. The number of aryl methyl sites for hydroxylation is 1. The molecule has 1 aromatic heterocycles. The number of phenols is 1. The van der Waals surface area contributed by atoms with Crippen molar-refractivity contribution in [2.75, 3.05) is 17.7 Å². The highest BCUT2D eigenvalue weighted by Crippen LogP contribution is 2.32. The maximum atomic E-state index is 12.6. The second-order valence-corrected chi connectivity index (χ2v) is 8.28. The first-order valence-corrected chi connectivity index (χ1v) is 11.3. The van der Waals surface area contributed by atoms with Gasteiger partial charge >= 0.3 is 0 Å². The van der Waals surface area contributed by atoms with Gasteiger partial charge in [-0.05, 0) is 61.9 Å². The van der Waals surface area contributed by atoms with Gasteiger partial charge in [0.05, 0.1) is 18.8 Å². The van der Waals surface area contributed by atoms with Crippen LogP contribution in [0.2, 0.25) is 0 Å². The summed E-state index contributed by atoms with van der Waals surface area (Å²) in [6.45, 7) is 3.90. The molecule has 4 rings (SSSR count). The monoisotopic (exact) mass is 479 g/mol. The van der Waals surface area contributed by atoms with E-state index in [9.17, 15) is 15.2 Å². The Morgan fingerprint density at radius 1 is 1.06 bits per heavy atom. The number of rotatable bonds is 7. The molecule has 0 aliphatic carbocycles. The van der Waals surface area contributed by atoms with Crippen molar-refractivity contribution in [2.45, 2.75) is 19.9 Å². The average molecular weight is 480 g/mol. The number of benzene rings is 3.